The van der Waals surface area contributed by atoms with Crippen LogP contribution >= 0.6 is 0 Å². The quantitative estimate of drug-likeness (QED) is 0.771. The van der Waals surface area contributed by atoms with Gasteiger partial charge in [-0.25, -0.2) is 4.39 Å². The van der Waals surface area contributed by atoms with Crippen molar-refractivity contribution in [3.63, 3.8) is 0 Å². The molecule has 18 heavy (non-hydrogen) atoms. The number of methoxy groups -OCH3 is 2. The third kappa shape index (κ3) is 2.31. The van der Waals surface area contributed by atoms with E-state index in [1.807, 2.05) is 0 Å². The van der Waals surface area contributed by atoms with Gasteiger partial charge in [-0.3, -0.25) is 4.79 Å². The molecule has 98 valence electrons. The van der Waals surface area contributed by atoms with Crippen molar-refractivity contribution >= 4 is 5.78 Å². The van der Waals surface area contributed by atoms with Crippen LogP contribution in [0.3, 0.4) is 0 Å². The van der Waals surface area contributed by atoms with Gasteiger partial charge in [0.1, 0.15) is 5.82 Å². The molecule has 1 atom stereocenters. The minimum Gasteiger partial charge on any atom is -0.493 e. The summed E-state index contributed by atoms with van der Waals surface area (Å²) in [4.78, 5) is 12.1. The Morgan fingerprint density at radius 3 is 2.56 bits per heavy atom. The Hall–Kier alpha value is -1.62. The summed E-state index contributed by atoms with van der Waals surface area (Å²) >= 11 is 0. The van der Waals surface area contributed by atoms with Gasteiger partial charge in [0.05, 0.1) is 26.4 Å². The molecule has 1 aromatic rings. The van der Waals surface area contributed by atoms with Crippen LogP contribution in [0, 0.1) is 11.7 Å². The van der Waals surface area contributed by atoms with Gasteiger partial charge in [-0.2, -0.15) is 0 Å². The average molecular weight is 254 g/mol. The lowest BCUT2D eigenvalue weighted by Crippen LogP contribution is -2.16. The highest BCUT2D eigenvalue weighted by Gasteiger charge is 2.27. The van der Waals surface area contributed by atoms with E-state index >= 15 is 0 Å². The lowest BCUT2D eigenvalue weighted by Gasteiger charge is -2.12. The van der Waals surface area contributed by atoms with Gasteiger partial charge >= 0.3 is 0 Å². The van der Waals surface area contributed by atoms with Crippen molar-refractivity contribution in [3.8, 4) is 11.5 Å². The Morgan fingerprint density at radius 2 is 2.00 bits per heavy atom. The van der Waals surface area contributed by atoms with E-state index < -0.39 is 5.82 Å². The Morgan fingerprint density at radius 1 is 1.33 bits per heavy atom. The van der Waals surface area contributed by atoms with Crippen LogP contribution in [0.2, 0.25) is 0 Å². The Kier molecular flexibility index (Phi) is 3.81. The second-order valence-electron chi connectivity index (χ2n) is 4.11. The molecule has 0 spiro atoms. The maximum atomic E-state index is 13.9. The van der Waals surface area contributed by atoms with Crippen molar-refractivity contribution in [2.75, 3.05) is 27.4 Å². The maximum absolute atomic E-state index is 13.9. The largest absolute Gasteiger partial charge is 0.493 e. The van der Waals surface area contributed by atoms with E-state index in [4.69, 9.17) is 14.2 Å². The van der Waals surface area contributed by atoms with Crippen LogP contribution in [0.5, 0.6) is 11.5 Å². The van der Waals surface area contributed by atoms with Crippen LogP contribution in [0.1, 0.15) is 16.8 Å². The molecule has 1 aromatic carbocycles. The third-order valence-corrected chi connectivity index (χ3v) is 3.04. The molecule has 0 N–H and O–H groups in total. The molecule has 1 fully saturated rings. The topological polar surface area (TPSA) is 44.8 Å². The summed E-state index contributed by atoms with van der Waals surface area (Å²) in [5.41, 5.74) is 0.0307. The first-order valence-electron chi connectivity index (χ1n) is 5.71. The van der Waals surface area contributed by atoms with E-state index in [2.05, 4.69) is 0 Å². The van der Waals surface area contributed by atoms with Gasteiger partial charge in [-0.1, -0.05) is 0 Å². The zero-order valence-electron chi connectivity index (χ0n) is 10.4. The molecule has 0 amide bonds. The van der Waals surface area contributed by atoms with Crippen LogP contribution in [0.4, 0.5) is 4.39 Å². The fourth-order valence-electron chi connectivity index (χ4n) is 2.00. The molecule has 0 bridgehead atoms. The molecular weight excluding hydrogens is 239 g/mol. The fourth-order valence-corrected chi connectivity index (χ4v) is 2.00. The highest BCUT2D eigenvalue weighted by molar-refractivity contribution is 5.99. The first kappa shape index (κ1) is 12.8. The van der Waals surface area contributed by atoms with Crippen molar-refractivity contribution in [1.82, 2.24) is 0 Å². The molecule has 2 rings (SSSR count). The van der Waals surface area contributed by atoms with Gasteiger partial charge in [0, 0.05) is 18.6 Å². The summed E-state index contributed by atoms with van der Waals surface area (Å²) in [5.74, 6) is -0.483. The standard InChI is InChI=1S/C13H15FO4/c1-16-11-5-9(10(14)6-12(11)17-2)13(15)8-3-4-18-7-8/h5-6,8H,3-4,7H2,1-2H3. The molecule has 1 unspecified atom stereocenters. The zero-order valence-corrected chi connectivity index (χ0v) is 10.4. The van der Waals surface area contributed by atoms with Crippen molar-refractivity contribution in [1.29, 1.82) is 0 Å². The molecule has 1 saturated heterocycles. The van der Waals surface area contributed by atoms with Crippen molar-refractivity contribution < 1.29 is 23.4 Å². The normalized spacial score (nSPS) is 18.7. The van der Waals surface area contributed by atoms with Crippen LogP contribution in [-0.4, -0.2) is 33.2 Å². The predicted molar refractivity (Wildman–Crippen MR) is 62.8 cm³/mol. The van der Waals surface area contributed by atoms with E-state index in [1.54, 1.807) is 0 Å². The summed E-state index contributed by atoms with van der Waals surface area (Å²) in [7, 11) is 2.87. The Labute approximate surface area is 105 Å². The summed E-state index contributed by atoms with van der Waals surface area (Å²) in [6.07, 6.45) is 0.632. The maximum Gasteiger partial charge on any atom is 0.171 e. The number of benzene rings is 1. The lowest BCUT2D eigenvalue weighted by molar-refractivity contribution is 0.0895. The number of carbonyl (C=O) groups excluding carboxylic acids is 1. The van der Waals surface area contributed by atoms with E-state index in [0.29, 0.717) is 25.4 Å². The summed E-state index contributed by atoms with van der Waals surface area (Å²) in [6, 6.07) is 2.55. The number of halogens is 1. The molecule has 4 nitrogen and oxygen atoms in total. The monoisotopic (exact) mass is 254 g/mol. The van der Waals surface area contributed by atoms with Crippen molar-refractivity contribution in [2.45, 2.75) is 6.42 Å². The highest BCUT2D eigenvalue weighted by Crippen LogP contribution is 2.31. The third-order valence-electron chi connectivity index (χ3n) is 3.04. The number of rotatable bonds is 4. The van der Waals surface area contributed by atoms with E-state index in [0.717, 1.165) is 0 Å². The second-order valence-corrected chi connectivity index (χ2v) is 4.11. The average Bonchev–Trinajstić information content (AvgIpc) is 2.91. The number of hydrogen-bond acceptors (Lipinski definition) is 4. The number of hydrogen-bond donors (Lipinski definition) is 0. The van der Waals surface area contributed by atoms with Crippen LogP contribution in [0.25, 0.3) is 0 Å². The number of ketones is 1. The number of ether oxygens (including phenoxy) is 3. The number of carbonyl (C=O) groups is 1. The van der Waals surface area contributed by atoms with Crippen molar-refractivity contribution in [2.24, 2.45) is 5.92 Å². The minimum atomic E-state index is -0.593. The first-order valence-corrected chi connectivity index (χ1v) is 5.71. The number of Topliss-reactive ketones (excluding diaryl/α,β-unsaturated/α-hetero) is 1. The van der Waals surface area contributed by atoms with Crippen molar-refractivity contribution in [3.05, 3.63) is 23.5 Å². The predicted octanol–water partition coefficient (Wildman–Crippen LogP) is 2.06. The smallest absolute Gasteiger partial charge is 0.171 e. The second kappa shape index (κ2) is 5.35. The van der Waals surface area contributed by atoms with Crippen LogP contribution in [0.15, 0.2) is 12.1 Å². The molecule has 1 aliphatic rings. The Balaban J connectivity index is 2.34. The summed E-state index contributed by atoms with van der Waals surface area (Å²) in [5, 5.41) is 0. The molecule has 1 heterocycles. The lowest BCUT2D eigenvalue weighted by atomic mass is 9.96. The molecule has 0 radical (unpaired) electrons. The van der Waals surface area contributed by atoms with Gasteiger partial charge in [-0.15, -0.1) is 0 Å². The van der Waals surface area contributed by atoms with E-state index in [-0.39, 0.29) is 23.0 Å². The van der Waals surface area contributed by atoms with Crippen LogP contribution in [-0.2, 0) is 4.74 Å². The summed E-state index contributed by atoms with van der Waals surface area (Å²) < 4.78 is 29.0. The Bertz CT molecular complexity index is 453. The fraction of sp³-hybridized carbons (Fsp3) is 0.462. The minimum absolute atomic E-state index is 0.0307. The summed E-state index contributed by atoms with van der Waals surface area (Å²) in [6.45, 7) is 0.901. The van der Waals surface area contributed by atoms with Gasteiger partial charge in [-0.05, 0) is 12.5 Å². The molecule has 0 saturated carbocycles. The van der Waals surface area contributed by atoms with Crippen LogP contribution < -0.4 is 9.47 Å². The molecule has 5 heteroatoms. The van der Waals surface area contributed by atoms with E-state index in [1.165, 1.54) is 26.4 Å². The van der Waals surface area contributed by atoms with Gasteiger partial charge in [0.25, 0.3) is 0 Å². The SMILES string of the molecule is COc1cc(F)c(C(=O)C2CCOC2)cc1OC. The van der Waals surface area contributed by atoms with Gasteiger partial charge in [0.15, 0.2) is 17.3 Å². The molecule has 1 aliphatic heterocycles. The van der Waals surface area contributed by atoms with Gasteiger partial charge < -0.3 is 14.2 Å². The van der Waals surface area contributed by atoms with Gasteiger partial charge in [0.2, 0.25) is 0 Å². The molecule has 0 aromatic heterocycles. The zero-order chi connectivity index (χ0) is 13.1. The van der Waals surface area contributed by atoms with E-state index in [9.17, 15) is 9.18 Å². The molecule has 0 aliphatic carbocycles. The first-order chi connectivity index (χ1) is 8.67. The highest BCUT2D eigenvalue weighted by atomic mass is 19.1. The molecular formula is C13H15FO4.